The lowest BCUT2D eigenvalue weighted by Gasteiger charge is -2.39. The molecule has 3 aromatic rings. The van der Waals surface area contributed by atoms with Crippen LogP contribution in [0, 0.1) is 11.3 Å². The molecule has 10 heteroatoms. The minimum Gasteiger partial charge on any atom is -0.388 e. The van der Waals surface area contributed by atoms with E-state index in [-0.39, 0.29) is 12.1 Å². The van der Waals surface area contributed by atoms with Crippen molar-refractivity contribution in [2.75, 3.05) is 37.7 Å². The molecule has 2 aliphatic rings. The third-order valence-corrected chi connectivity index (χ3v) is 8.13. The Labute approximate surface area is 239 Å². The summed E-state index contributed by atoms with van der Waals surface area (Å²) < 4.78 is 13.0. The quantitative estimate of drug-likeness (QED) is 0.265. The summed E-state index contributed by atoms with van der Waals surface area (Å²) in [5.74, 6) is -0.612. The zero-order chi connectivity index (χ0) is 29.3. The molecule has 1 aromatic heterocycles. The first-order chi connectivity index (χ1) is 19.7. The molecule has 5 atom stereocenters. The number of aromatic nitrogens is 1. The topological polar surface area (TPSA) is 140 Å². The van der Waals surface area contributed by atoms with E-state index in [0.717, 1.165) is 54.0 Å². The summed E-state index contributed by atoms with van der Waals surface area (Å²) in [7, 11) is 1.90. The Morgan fingerprint density at radius 2 is 1.73 bits per heavy atom. The van der Waals surface area contributed by atoms with Crippen molar-refractivity contribution in [3.8, 4) is 17.3 Å². The summed E-state index contributed by atoms with van der Waals surface area (Å²) in [6, 6.07) is 18.6. The van der Waals surface area contributed by atoms with E-state index in [1.54, 1.807) is 13.8 Å². The largest absolute Gasteiger partial charge is 0.388 e. The number of nitriles is 1. The van der Waals surface area contributed by atoms with Gasteiger partial charge >= 0.3 is 0 Å². The smallest absolute Gasteiger partial charge is 0.262 e. The van der Waals surface area contributed by atoms with Crippen molar-refractivity contribution in [2.45, 2.75) is 44.4 Å². The summed E-state index contributed by atoms with van der Waals surface area (Å²) in [6.45, 7) is 6.41. The molecule has 2 aliphatic heterocycles. The molecule has 0 bridgehead atoms. The number of carbonyl (C=O) groups excluding carboxylic acids is 1. The van der Waals surface area contributed by atoms with Gasteiger partial charge in [-0.1, -0.05) is 18.2 Å². The van der Waals surface area contributed by atoms with Crippen LogP contribution in [0.5, 0.6) is 0 Å². The van der Waals surface area contributed by atoms with Gasteiger partial charge < -0.3 is 39.6 Å². The SMILES string of the molecule is C/C(=C(/C#N)C(=O)NC[C@H]1OC(C)[C@H](O)[C@@H](O)[C@@H]1O)c1ccc(-c2ccc3cc(N4CCOCC4)ccc3c2)n1C. The van der Waals surface area contributed by atoms with Crippen molar-refractivity contribution < 1.29 is 29.6 Å². The van der Waals surface area contributed by atoms with Gasteiger partial charge in [-0.25, -0.2) is 0 Å². The Balaban J connectivity index is 1.34. The summed E-state index contributed by atoms with van der Waals surface area (Å²) in [4.78, 5) is 15.3. The van der Waals surface area contributed by atoms with Crippen LogP contribution in [-0.4, -0.2) is 89.2 Å². The number of benzene rings is 2. The standard InChI is InChI=1S/C31H36N4O6/c1-18(24(16-32)31(39)33-17-27-29(37)30(38)28(36)19(2)41-27)25-8-9-26(34(25)3)22-5-4-21-15-23(7-6-20(21)14-22)35-10-12-40-13-11-35/h4-9,14-15,19,27-30,36-38H,10-13,17H2,1-3H3,(H,33,39)/b24-18+/t19?,27-,28+,29-,30-/m1/s1. The van der Waals surface area contributed by atoms with Crippen molar-refractivity contribution >= 4 is 27.9 Å². The average Bonchev–Trinajstić information content (AvgIpc) is 3.38. The monoisotopic (exact) mass is 560 g/mol. The number of amides is 1. The zero-order valence-electron chi connectivity index (χ0n) is 23.4. The Bertz CT molecular complexity index is 1500. The molecule has 41 heavy (non-hydrogen) atoms. The number of hydrogen-bond acceptors (Lipinski definition) is 8. The van der Waals surface area contributed by atoms with E-state index in [2.05, 4.69) is 46.6 Å². The van der Waals surface area contributed by atoms with Gasteiger partial charge in [0.25, 0.3) is 5.91 Å². The average molecular weight is 561 g/mol. The number of nitrogens with zero attached hydrogens (tertiary/aromatic N) is 3. The van der Waals surface area contributed by atoms with Gasteiger partial charge in [-0.3, -0.25) is 4.79 Å². The van der Waals surface area contributed by atoms with Crippen LogP contribution in [0.2, 0.25) is 0 Å². The maximum atomic E-state index is 13.0. The third kappa shape index (κ3) is 5.73. The van der Waals surface area contributed by atoms with Crippen molar-refractivity contribution in [3.63, 3.8) is 0 Å². The number of ether oxygens (including phenoxy) is 2. The second-order valence-corrected chi connectivity index (χ2v) is 10.7. The minimum atomic E-state index is -1.39. The summed E-state index contributed by atoms with van der Waals surface area (Å²) in [5.41, 5.74) is 4.30. The van der Waals surface area contributed by atoms with Crippen LogP contribution in [0.4, 0.5) is 5.69 Å². The maximum Gasteiger partial charge on any atom is 0.262 e. The maximum absolute atomic E-state index is 13.0. The number of nitrogens with one attached hydrogen (secondary N) is 1. The van der Waals surface area contributed by atoms with Crippen LogP contribution in [0.1, 0.15) is 19.5 Å². The van der Waals surface area contributed by atoms with Crippen LogP contribution in [0.3, 0.4) is 0 Å². The van der Waals surface area contributed by atoms with E-state index in [1.165, 1.54) is 5.69 Å². The summed E-state index contributed by atoms with van der Waals surface area (Å²) in [5, 5.41) is 44.9. The predicted octanol–water partition coefficient (Wildman–Crippen LogP) is 1.97. The molecule has 0 spiro atoms. The molecule has 10 nitrogen and oxygen atoms in total. The Morgan fingerprint density at radius 3 is 2.46 bits per heavy atom. The fourth-order valence-electron chi connectivity index (χ4n) is 5.61. The van der Waals surface area contributed by atoms with E-state index >= 15 is 0 Å². The third-order valence-electron chi connectivity index (χ3n) is 8.13. The Kier molecular flexibility index (Phi) is 8.45. The van der Waals surface area contributed by atoms with Crippen molar-refractivity contribution in [3.05, 3.63) is 59.8 Å². The first-order valence-electron chi connectivity index (χ1n) is 13.8. The number of fused-ring (bicyclic) bond motifs is 1. The van der Waals surface area contributed by atoms with Gasteiger partial charge in [0, 0.05) is 43.8 Å². The van der Waals surface area contributed by atoms with Gasteiger partial charge in [0.2, 0.25) is 0 Å². The van der Waals surface area contributed by atoms with E-state index < -0.39 is 36.4 Å². The first kappa shape index (κ1) is 28.8. The highest BCUT2D eigenvalue weighted by molar-refractivity contribution is 6.04. The number of hydrogen-bond donors (Lipinski definition) is 4. The fraction of sp³-hybridized carbons (Fsp3) is 0.419. The molecule has 0 aliphatic carbocycles. The molecule has 2 saturated heterocycles. The van der Waals surface area contributed by atoms with Crippen molar-refractivity contribution in [2.24, 2.45) is 7.05 Å². The summed E-state index contributed by atoms with van der Waals surface area (Å²) >= 11 is 0. The molecular formula is C31H36N4O6. The van der Waals surface area contributed by atoms with Gasteiger partial charge in [-0.15, -0.1) is 0 Å². The number of rotatable bonds is 6. The molecule has 1 amide bonds. The van der Waals surface area contributed by atoms with Gasteiger partial charge in [-0.05, 0) is 66.1 Å². The number of aliphatic hydroxyl groups is 3. The van der Waals surface area contributed by atoms with Crippen LogP contribution < -0.4 is 10.2 Å². The van der Waals surface area contributed by atoms with E-state index in [9.17, 15) is 25.4 Å². The zero-order valence-corrected chi connectivity index (χ0v) is 23.4. The molecule has 216 valence electrons. The van der Waals surface area contributed by atoms with Crippen molar-refractivity contribution in [1.82, 2.24) is 9.88 Å². The number of morpholine rings is 1. The Hall–Kier alpha value is -3.72. The molecule has 0 radical (unpaired) electrons. The van der Waals surface area contributed by atoms with Crippen LogP contribution >= 0.6 is 0 Å². The Morgan fingerprint density at radius 1 is 1.02 bits per heavy atom. The van der Waals surface area contributed by atoms with Crippen LogP contribution in [-0.2, 0) is 21.3 Å². The van der Waals surface area contributed by atoms with Crippen molar-refractivity contribution in [1.29, 1.82) is 5.26 Å². The second kappa shape index (κ2) is 12.0. The molecule has 2 fully saturated rings. The molecule has 1 unspecified atom stereocenters. The molecule has 4 N–H and O–H groups in total. The highest BCUT2D eigenvalue weighted by Crippen LogP contribution is 2.31. The molecule has 2 aromatic carbocycles. The summed E-state index contributed by atoms with van der Waals surface area (Å²) in [6.07, 6.45) is -5.63. The number of aliphatic hydroxyl groups excluding tert-OH is 3. The predicted molar refractivity (Wildman–Crippen MR) is 155 cm³/mol. The normalized spacial score (nSPS) is 25.5. The molecule has 0 saturated carbocycles. The highest BCUT2D eigenvalue weighted by Gasteiger charge is 2.41. The number of carbonyl (C=O) groups is 1. The molecule has 3 heterocycles. The second-order valence-electron chi connectivity index (χ2n) is 10.7. The van der Waals surface area contributed by atoms with Gasteiger partial charge in [0.05, 0.1) is 19.3 Å². The molecular weight excluding hydrogens is 524 g/mol. The lowest BCUT2D eigenvalue weighted by molar-refractivity contribution is -0.215. The van der Waals surface area contributed by atoms with Gasteiger partial charge in [0.1, 0.15) is 36.1 Å². The fourth-order valence-corrected chi connectivity index (χ4v) is 5.61. The lowest BCUT2D eigenvalue weighted by Crippen LogP contribution is -2.59. The first-order valence-corrected chi connectivity index (χ1v) is 13.8. The van der Waals surface area contributed by atoms with E-state index in [4.69, 9.17) is 9.47 Å². The minimum absolute atomic E-state index is 0.0640. The van der Waals surface area contributed by atoms with E-state index in [1.807, 2.05) is 29.8 Å². The number of allylic oxidation sites excluding steroid dienone is 1. The molecule has 5 rings (SSSR count). The lowest BCUT2D eigenvalue weighted by atomic mass is 9.95. The van der Waals surface area contributed by atoms with Gasteiger partial charge in [-0.2, -0.15) is 5.26 Å². The van der Waals surface area contributed by atoms with Crippen LogP contribution in [0.25, 0.3) is 27.6 Å². The van der Waals surface area contributed by atoms with Crippen LogP contribution in [0.15, 0.2) is 54.1 Å². The highest BCUT2D eigenvalue weighted by atomic mass is 16.5. The number of anilines is 1. The van der Waals surface area contributed by atoms with E-state index in [0.29, 0.717) is 5.57 Å². The van der Waals surface area contributed by atoms with Gasteiger partial charge in [0.15, 0.2) is 0 Å².